The molecule has 8 heteroatoms. The van der Waals surface area contributed by atoms with Crippen LogP contribution in [-0.4, -0.2) is 26.2 Å². The molecule has 106 valence electrons. The smallest absolute Gasteiger partial charge is 0.242 e. The van der Waals surface area contributed by atoms with Crippen LogP contribution in [0.25, 0.3) is 0 Å². The molecule has 19 heavy (non-hydrogen) atoms. The lowest BCUT2D eigenvalue weighted by atomic mass is 10.2. The fourth-order valence-corrected chi connectivity index (χ4v) is 5.42. The molecule has 1 aliphatic carbocycles. The number of anilines is 1. The lowest BCUT2D eigenvalue weighted by Crippen LogP contribution is -2.33. The first-order valence-corrected chi connectivity index (χ1v) is 8.80. The van der Waals surface area contributed by atoms with E-state index in [1.165, 1.54) is 12.1 Å². The van der Waals surface area contributed by atoms with Gasteiger partial charge in [0.2, 0.25) is 10.0 Å². The molecule has 1 aromatic carbocycles. The summed E-state index contributed by atoms with van der Waals surface area (Å²) in [6, 6.07) is 3.05. The summed E-state index contributed by atoms with van der Waals surface area (Å²) in [6.07, 6.45) is 1.29. The highest BCUT2D eigenvalue weighted by Gasteiger charge is 2.31. The minimum absolute atomic E-state index is 0.0241. The highest BCUT2D eigenvalue weighted by Crippen LogP contribution is 2.34. The van der Waals surface area contributed by atoms with Crippen molar-refractivity contribution in [2.75, 3.05) is 12.3 Å². The third kappa shape index (κ3) is 3.69. The zero-order valence-electron chi connectivity index (χ0n) is 9.94. The van der Waals surface area contributed by atoms with Crippen LogP contribution < -0.4 is 10.5 Å². The Morgan fingerprint density at radius 3 is 2.37 bits per heavy atom. The van der Waals surface area contributed by atoms with E-state index in [-0.39, 0.29) is 17.4 Å². The Hall–Kier alpha value is -0.150. The zero-order valence-corrected chi connectivity index (χ0v) is 13.9. The fourth-order valence-electron chi connectivity index (χ4n) is 1.75. The van der Waals surface area contributed by atoms with Crippen molar-refractivity contribution < 1.29 is 13.5 Å². The molecular weight excluding hydrogens is 400 g/mol. The SMILES string of the molecule is Nc1cc(Br)c(S(=O)(=O)NCC(O)C2CC2)c(Br)c1. The van der Waals surface area contributed by atoms with Gasteiger partial charge in [-0.2, -0.15) is 0 Å². The Kier molecular flexibility index (Phi) is 4.56. The number of halogens is 2. The van der Waals surface area contributed by atoms with Crippen LogP contribution in [-0.2, 0) is 10.0 Å². The van der Waals surface area contributed by atoms with E-state index in [9.17, 15) is 13.5 Å². The summed E-state index contributed by atoms with van der Waals surface area (Å²) in [5.74, 6) is 0.223. The highest BCUT2D eigenvalue weighted by atomic mass is 79.9. The summed E-state index contributed by atoms with van der Waals surface area (Å²) < 4.78 is 27.6. The average Bonchev–Trinajstić information content (AvgIpc) is 3.07. The van der Waals surface area contributed by atoms with Gasteiger partial charge < -0.3 is 10.8 Å². The number of benzene rings is 1. The first kappa shape index (κ1) is 15.2. The van der Waals surface area contributed by atoms with Crippen LogP contribution in [0.5, 0.6) is 0 Å². The highest BCUT2D eigenvalue weighted by molar-refractivity contribution is 9.11. The summed E-state index contributed by atoms with van der Waals surface area (Å²) in [4.78, 5) is 0.0877. The van der Waals surface area contributed by atoms with Crippen LogP contribution in [0, 0.1) is 5.92 Å². The number of rotatable bonds is 5. The Morgan fingerprint density at radius 2 is 1.89 bits per heavy atom. The molecule has 0 bridgehead atoms. The van der Waals surface area contributed by atoms with Gasteiger partial charge in [-0.05, 0) is 62.8 Å². The molecule has 0 aromatic heterocycles. The van der Waals surface area contributed by atoms with E-state index in [4.69, 9.17) is 5.73 Å². The van der Waals surface area contributed by atoms with Crippen LogP contribution in [0.15, 0.2) is 26.0 Å². The Bertz CT molecular complexity index is 565. The first-order chi connectivity index (χ1) is 8.81. The molecule has 0 spiro atoms. The van der Waals surface area contributed by atoms with E-state index >= 15 is 0 Å². The monoisotopic (exact) mass is 412 g/mol. The lowest BCUT2D eigenvalue weighted by Gasteiger charge is -2.13. The molecule has 0 saturated heterocycles. The number of aliphatic hydroxyl groups is 1. The molecule has 5 nitrogen and oxygen atoms in total. The van der Waals surface area contributed by atoms with E-state index in [1.807, 2.05) is 0 Å². The summed E-state index contributed by atoms with van der Waals surface area (Å²) in [7, 11) is -3.70. The number of nitrogen functional groups attached to an aromatic ring is 1. The van der Waals surface area contributed by atoms with Gasteiger partial charge >= 0.3 is 0 Å². The predicted octanol–water partition coefficient (Wildman–Crippen LogP) is 1.84. The molecule has 0 amide bonds. The van der Waals surface area contributed by atoms with Gasteiger partial charge in [0.05, 0.1) is 6.10 Å². The van der Waals surface area contributed by atoms with Crippen molar-refractivity contribution in [1.29, 1.82) is 0 Å². The number of sulfonamides is 1. The minimum atomic E-state index is -3.70. The van der Waals surface area contributed by atoms with Gasteiger partial charge in [0, 0.05) is 21.2 Å². The van der Waals surface area contributed by atoms with Gasteiger partial charge in [-0.1, -0.05) is 0 Å². The second kappa shape index (κ2) is 5.69. The van der Waals surface area contributed by atoms with Crippen molar-refractivity contribution in [1.82, 2.24) is 4.72 Å². The second-order valence-corrected chi connectivity index (χ2v) is 7.98. The molecule has 1 saturated carbocycles. The van der Waals surface area contributed by atoms with Crippen molar-refractivity contribution in [3.8, 4) is 0 Å². The zero-order chi connectivity index (χ0) is 14.2. The van der Waals surface area contributed by atoms with Gasteiger partial charge in [0.15, 0.2) is 0 Å². The topological polar surface area (TPSA) is 92.4 Å². The van der Waals surface area contributed by atoms with Crippen molar-refractivity contribution in [3.05, 3.63) is 21.1 Å². The predicted molar refractivity (Wildman–Crippen MR) is 80.2 cm³/mol. The Balaban J connectivity index is 2.19. The van der Waals surface area contributed by atoms with Crippen LogP contribution in [0.1, 0.15) is 12.8 Å². The molecule has 1 aliphatic rings. The number of hydrogen-bond donors (Lipinski definition) is 3. The largest absolute Gasteiger partial charge is 0.399 e. The van der Waals surface area contributed by atoms with E-state index in [0.29, 0.717) is 14.6 Å². The van der Waals surface area contributed by atoms with Crippen LogP contribution in [0.2, 0.25) is 0 Å². The maximum Gasteiger partial charge on any atom is 0.242 e. The lowest BCUT2D eigenvalue weighted by molar-refractivity contribution is 0.155. The normalized spacial score (nSPS) is 17.4. The van der Waals surface area contributed by atoms with Gasteiger partial charge in [0.25, 0.3) is 0 Å². The number of nitrogens with one attached hydrogen (secondary N) is 1. The first-order valence-electron chi connectivity index (χ1n) is 5.73. The molecule has 1 aromatic rings. The van der Waals surface area contributed by atoms with Gasteiger partial charge in [-0.15, -0.1) is 0 Å². The number of nitrogens with two attached hydrogens (primary N) is 1. The third-order valence-corrected chi connectivity index (χ3v) is 6.24. The molecule has 1 fully saturated rings. The van der Waals surface area contributed by atoms with Crippen molar-refractivity contribution in [3.63, 3.8) is 0 Å². The summed E-state index contributed by atoms with van der Waals surface area (Å²) >= 11 is 6.38. The number of hydrogen-bond acceptors (Lipinski definition) is 4. The maximum absolute atomic E-state index is 12.2. The third-order valence-electron chi connectivity index (χ3n) is 2.94. The van der Waals surface area contributed by atoms with Crippen LogP contribution >= 0.6 is 31.9 Å². The number of aliphatic hydroxyl groups excluding tert-OH is 1. The van der Waals surface area contributed by atoms with E-state index < -0.39 is 16.1 Å². The fraction of sp³-hybridized carbons (Fsp3) is 0.455. The van der Waals surface area contributed by atoms with Crippen LogP contribution in [0.4, 0.5) is 5.69 Å². The standard InChI is InChI=1S/C11H14Br2N2O3S/c12-8-3-7(14)4-9(13)11(8)19(17,18)15-5-10(16)6-1-2-6/h3-4,6,10,15-16H,1-2,5,14H2. The van der Waals surface area contributed by atoms with Gasteiger partial charge in [-0.3, -0.25) is 0 Å². The maximum atomic E-state index is 12.2. The van der Waals surface area contributed by atoms with E-state index in [2.05, 4.69) is 36.6 Å². The van der Waals surface area contributed by atoms with Crippen LogP contribution in [0.3, 0.4) is 0 Å². The molecule has 0 radical (unpaired) electrons. The van der Waals surface area contributed by atoms with E-state index in [1.54, 1.807) is 0 Å². The molecular formula is C11H14Br2N2O3S. The van der Waals surface area contributed by atoms with Gasteiger partial charge in [0.1, 0.15) is 4.90 Å². The molecule has 4 N–H and O–H groups in total. The second-order valence-electron chi connectivity index (χ2n) is 4.57. The average molecular weight is 414 g/mol. The summed E-state index contributed by atoms with van der Waals surface area (Å²) in [5, 5.41) is 9.71. The molecule has 0 heterocycles. The van der Waals surface area contributed by atoms with E-state index in [0.717, 1.165) is 12.8 Å². The van der Waals surface area contributed by atoms with Crippen molar-refractivity contribution >= 4 is 47.6 Å². The van der Waals surface area contributed by atoms with Crippen molar-refractivity contribution in [2.45, 2.75) is 23.8 Å². The molecule has 2 rings (SSSR count). The van der Waals surface area contributed by atoms with Gasteiger partial charge in [-0.25, -0.2) is 13.1 Å². The Labute approximate surface area is 128 Å². The quantitative estimate of drug-likeness (QED) is 0.642. The summed E-state index contributed by atoms with van der Waals surface area (Å²) in [5.41, 5.74) is 6.08. The molecule has 1 atom stereocenters. The minimum Gasteiger partial charge on any atom is -0.399 e. The Morgan fingerprint density at radius 1 is 1.37 bits per heavy atom. The summed E-state index contributed by atoms with van der Waals surface area (Å²) in [6.45, 7) is 0.0241. The van der Waals surface area contributed by atoms with Crippen molar-refractivity contribution in [2.24, 2.45) is 5.92 Å². The molecule has 0 aliphatic heterocycles. The molecule has 1 unspecified atom stereocenters.